The first-order chi connectivity index (χ1) is 9.06. The van der Waals surface area contributed by atoms with E-state index in [1.165, 1.54) is 6.07 Å². The highest BCUT2D eigenvalue weighted by molar-refractivity contribution is 5.41. The van der Waals surface area contributed by atoms with Crippen LogP contribution >= 0.6 is 0 Å². The van der Waals surface area contributed by atoms with Crippen molar-refractivity contribution in [2.75, 3.05) is 5.32 Å². The van der Waals surface area contributed by atoms with Crippen molar-refractivity contribution in [3.8, 4) is 0 Å². The minimum Gasteiger partial charge on any atom is -0.363 e. The number of aryl methyl sites for hydroxylation is 1. The SMILES string of the molecule is Cc1nccc(NC(C)c2cccc([N+](=O)[O-])c2)n1. The molecule has 6 heteroatoms. The zero-order valence-electron chi connectivity index (χ0n) is 10.7. The van der Waals surface area contributed by atoms with E-state index in [4.69, 9.17) is 0 Å². The molecule has 2 rings (SSSR count). The van der Waals surface area contributed by atoms with Crippen molar-refractivity contribution >= 4 is 11.5 Å². The van der Waals surface area contributed by atoms with E-state index >= 15 is 0 Å². The molecule has 0 amide bonds. The van der Waals surface area contributed by atoms with Gasteiger partial charge in [-0.05, 0) is 25.5 Å². The van der Waals surface area contributed by atoms with Crippen LogP contribution in [-0.2, 0) is 0 Å². The van der Waals surface area contributed by atoms with Gasteiger partial charge in [0.2, 0.25) is 0 Å². The van der Waals surface area contributed by atoms with E-state index in [1.54, 1.807) is 24.4 Å². The van der Waals surface area contributed by atoms with Gasteiger partial charge in [0, 0.05) is 18.3 Å². The van der Waals surface area contributed by atoms with Gasteiger partial charge in [0.15, 0.2) is 0 Å². The fourth-order valence-electron chi connectivity index (χ4n) is 1.75. The molecule has 2 aromatic rings. The van der Waals surface area contributed by atoms with Crippen LogP contribution in [0.1, 0.15) is 24.4 Å². The number of benzene rings is 1. The Bertz CT molecular complexity index is 601. The summed E-state index contributed by atoms with van der Waals surface area (Å²) in [7, 11) is 0. The number of non-ortho nitro benzene ring substituents is 1. The summed E-state index contributed by atoms with van der Waals surface area (Å²) in [6.07, 6.45) is 1.67. The van der Waals surface area contributed by atoms with Gasteiger partial charge in [-0.1, -0.05) is 12.1 Å². The lowest BCUT2D eigenvalue weighted by Crippen LogP contribution is -2.08. The number of nitrogens with one attached hydrogen (secondary N) is 1. The second-order valence-corrected chi connectivity index (χ2v) is 4.21. The van der Waals surface area contributed by atoms with E-state index < -0.39 is 4.92 Å². The first-order valence-electron chi connectivity index (χ1n) is 5.87. The summed E-state index contributed by atoms with van der Waals surface area (Å²) in [4.78, 5) is 18.6. The van der Waals surface area contributed by atoms with Crippen LogP contribution in [-0.4, -0.2) is 14.9 Å². The lowest BCUT2D eigenvalue weighted by atomic mass is 10.1. The molecule has 1 unspecified atom stereocenters. The molecule has 0 bridgehead atoms. The van der Waals surface area contributed by atoms with Gasteiger partial charge in [-0.25, -0.2) is 9.97 Å². The van der Waals surface area contributed by atoms with Gasteiger partial charge in [-0.2, -0.15) is 0 Å². The zero-order chi connectivity index (χ0) is 13.8. The summed E-state index contributed by atoms with van der Waals surface area (Å²) in [5, 5.41) is 13.9. The Morgan fingerprint density at radius 2 is 2.16 bits per heavy atom. The summed E-state index contributed by atoms with van der Waals surface area (Å²) in [6.45, 7) is 3.74. The van der Waals surface area contributed by atoms with Crippen LogP contribution < -0.4 is 5.32 Å². The number of hydrogen-bond acceptors (Lipinski definition) is 5. The lowest BCUT2D eigenvalue weighted by molar-refractivity contribution is -0.384. The molecule has 0 aliphatic rings. The quantitative estimate of drug-likeness (QED) is 0.673. The minimum atomic E-state index is -0.398. The fourth-order valence-corrected chi connectivity index (χ4v) is 1.75. The molecule has 1 N–H and O–H groups in total. The summed E-state index contributed by atoms with van der Waals surface area (Å²) >= 11 is 0. The predicted octanol–water partition coefficient (Wildman–Crippen LogP) is 2.87. The van der Waals surface area contributed by atoms with Crippen LogP contribution in [0.3, 0.4) is 0 Å². The van der Waals surface area contributed by atoms with Crippen molar-refractivity contribution in [2.45, 2.75) is 19.9 Å². The smallest absolute Gasteiger partial charge is 0.269 e. The molecule has 1 aromatic heterocycles. The van der Waals surface area contributed by atoms with Gasteiger partial charge < -0.3 is 5.32 Å². The highest BCUT2D eigenvalue weighted by Gasteiger charge is 2.11. The van der Waals surface area contributed by atoms with Gasteiger partial charge >= 0.3 is 0 Å². The van der Waals surface area contributed by atoms with Gasteiger partial charge in [-0.15, -0.1) is 0 Å². The fraction of sp³-hybridized carbons (Fsp3) is 0.231. The predicted molar refractivity (Wildman–Crippen MR) is 71.9 cm³/mol. The monoisotopic (exact) mass is 258 g/mol. The summed E-state index contributed by atoms with van der Waals surface area (Å²) in [6, 6.07) is 8.25. The van der Waals surface area contributed by atoms with Gasteiger partial charge in [0.05, 0.1) is 11.0 Å². The number of aromatic nitrogens is 2. The average molecular weight is 258 g/mol. The molecule has 98 valence electrons. The van der Waals surface area contributed by atoms with Crippen molar-refractivity contribution in [3.05, 3.63) is 58.0 Å². The Kier molecular flexibility index (Phi) is 3.70. The second-order valence-electron chi connectivity index (χ2n) is 4.21. The average Bonchev–Trinajstić information content (AvgIpc) is 2.39. The topological polar surface area (TPSA) is 81.0 Å². The molecule has 0 saturated heterocycles. The third-order valence-corrected chi connectivity index (χ3v) is 2.72. The standard InChI is InChI=1S/C13H14N4O2/c1-9(15-13-6-7-14-10(2)16-13)11-4-3-5-12(8-11)17(18)19/h3-9H,1-2H3,(H,14,15,16). The largest absolute Gasteiger partial charge is 0.363 e. The molecule has 1 heterocycles. The number of nitrogens with zero attached hydrogens (tertiary/aromatic N) is 3. The normalized spacial score (nSPS) is 11.9. The molecular formula is C13H14N4O2. The molecule has 0 fully saturated rings. The number of nitro groups is 1. The first kappa shape index (κ1) is 12.9. The van der Waals surface area contributed by atoms with Gasteiger partial charge in [0.1, 0.15) is 11.6 Å². The Hall–Kier alpha value is -2.50. The molecule has 0 spiro atoms. The number of rotatable bonds is 4. The van der Waals surface area contributed by atoms with E-state index in [0.717, 1.165) is 5.56 Å². The molecule has 19 heavy (non-hydrogen) atoms. The van der Waals surface area contributed by atoms with Crippen LogP contribution in [0.2, 0.25) is 0 Å². The Morgan fingerprint density at radius 1 is 1.37 bits per heavy atom. The van der Waals surface area contributed by atoms with Gasteiger partial charge in [0.25, 0.3) is 5.69 Å². The van der Waals surface area contributed by atoms with Crippen LogP contribution in [0.4, 0.5) is 11.5 Å². The van der Waals surface area contributed by atoms with Crippen molar-refractivity contribution in [1.29, 1.82) is 0 Å². The van der Waals surface area contributed by atoms with Gasteiger partial charge in [-0.3, -0.25) is 10.1 Å². The molecule has 1 atom stereocenters. The van der Waals surface area contributed by atoms with Crippen LogP contribution in [0.25, 0.3) is 0 Å². The third-order valence-electron chi connectivity index (χ3n) is 2.72. The van der Waals surface area contributed by atoms with Crippen LogP contribution in [0, 0.1) is 17.0 Å². The highest BCUT2D eigenvalue weighted by Crippen LogP contribution is 2.21. The highest BCUT2D eigenvalue weighted by atomic mass is 16.6. The summed E-state index contributed by atoms with van der Waals surface area (Å²) in [5.74, 6) is 1.38. The zero-order valence-corrected chi connectivity index (χ0v) is 10.7. The van der Waals surface area contributed by atoms with E-state index in [9.17, 15) is 10.1 Å². The number of nitro benzene ring substituents is 1. The summed E-state index contributed by atoms with van der Waals surface area (Å²) in [5.41, 5.74) is 0.926. The Labute approximate surface area is 110 Å². The van der Waals surface area contributed by atoms with Crippen LogP contribution in [0.15, 0.2) is 36.5 Å². The molecular weight excluding hydrogens is 244 g/mol. The third kappa shape index (κ3) is 3.25. The molecule has 0 aliphatic heterocycles. The van der Waals surface area contributed by atoms with E-state index in [2.05, 4.69) is 15.3 Å². The Morgan fingerprint density at radius 3 is 2.84 bits per heavy atom. The summed E-state index contributed by atoms with van der Waals surface area (Å²) < 4.78 is 0. The van der Waals surface area contributed by atoms with Crippen molar-refractivity contribution in [2.24, 2.45) is 0 Å². The number of hydrogen-bond donors (Lipinski definition) is 1. The van der Waals surface area contributed by atoms with E-state index in [0.29, 0.717) is 11.6 Å². The molecule has 0 aliphatic carbocycles. The molecule has 1 aromatic carbocycles. The lowest BCUT2D eigenvalue weighted by Gasteiger charge is -2.14. The minimum absolute atomic E-state index is 0.0748. The molecule has 0 radical (unpaired) electrons. The molecule has 0 saturated carbocycles. The maximum atomic E-state index is 10.7. The number of anilines is 1. The van der Waals surface area contributed by atoms with E-state index in [1.807, 2.05) is 19.9 Å². The Balaban J connectivity index is 2.18. The van der Waals surface area contributed by atoms with Crippen molar-refractivity contribution in [3.63, 3.8) is 0 Å². The van der Waals surface area contributed by atoms with Crippen molar-refractivity contribution < 1.29 is 4.92 Å². The van der Waals surface area contributed by atoms with Crippen molar-refractivity contribution in [1.82, 2.24) is 9.97 Å². The maximum absolute atomic E-state index is 10.7. The van der Waals surface area contributed by atoms with E-state index in [-0.39, 0.29) is 11.7 Å². The second kappa shape index (κ2) is 5.43. The molecule has 6 nitrogen and oxygen atoms in total. The maximum Gasteiger partial charge on any atom is 0.269 e. The van der Waals surface area contributed by atoms with Crippen LogP contribution in [0.5, 0.6) is 0 Å². The first-order valence-corrected chi connectivity index (χ1v) is 5.87.